The van der Waals surface area contributed by atoms with E-state index in [4.69, 9.17) is 9.47 Å². The molecule has 2 atom stereocenters. The maximum absolute atomic E-state index is 13.9. The molecule has 2 aromatic carbocycles. The Morgan fingerprint density at radius 3 is 2.76 bits per heavy atom. The van der Waals surface area contributed by atoms with Crippen molar-refractivity contribution < 1.29 is 22.3 Å². The molecule has 0 radical (unpaired) electrons. The van der Waals surface area contributed by atoms with Crippen molar-refractivity contribution in [1.82, 2.24) is 4.90 Å². The van der Waals surface area contributed by atoms with Gasteiger partial charge < -0.3 is 19.7 Å². The highest BCUT2D eigenvalue weighted by Crippen LogP contribution is 2.55. The zero-order valence-electron chi connectivity index (χ0n) is 19.4. The molecule has 0 aromatic heterocycles. The smallest absolute Gasteiger partial charge is 0.263 e. The predicted octanol–water partition coefficient (Wildman–Crippen LogP) is 4.02. The number of hydrogen-bond donors (Lipinski definition) is 2. The predicted molar refractivity (Wildman–Crippen MR) is 127 cm³/mol. The van der Waals surface area contributed by atoms with Gasteiger partial charge in [-0.05, 0) is 75.6 Å². The summed E-state index contributed by atoms with van der Waals surface area (Å²) in [5.74, 6) is 1.26. The van der Waals surface area contributed by atoms with E-state index in [9.17, 15) is 12.8 Å². The number of ether oxygens (including phenoxy) is 2. The van der Waals surface area contributed by atoms with Crippen LogP contribution in [0.1, 0.15) is 36.3 Å². The van der Waals surface area contributed by atoms with Gasteiger partial charge in [0.25, 0.3) is 10.0 Å². The first-order valence-electron chi connectivity index (χ1n) is 11.3. The van der Waals surface area contributed by atoms with Crippen molar-refractivity contribution in [2.24, 2.45) is 5.92 Å². The number of hydrogen-bond acceptors (Lipinski definition) is 6. The molecule has 2 aromatic rings. The van der Waals surface area contributed by atoms with Gasteiger partial charge in [0, 0.05) is 25.1 Å². The summed E-state index contributed by atoms with van der Waals surface area (Å²) in [5.41, 5.74) is 2.46. The van der Waals surface area contributed by atoms with Gasteiger partial charge >= 0.3 is 0 Å². The lowest BCUT2D eigenvalue weighted by Gasteiger charge is -2.23. The van der Waals surface area contributed by atoms with Crippen LogP contribution in [0.25, 0.3) is 0 Å². The topological polar surface area (TPSA) is 79.9 Å². The van der Waals surface area contributed by atoms with Gasteiger partial charge in [-0.15, -0.1) is 0 Å². The molecule has 2 aliphatic rings. The number of benzene rings is 2. The Hall–Kier alpha value is -2.36. The summed E-state index contributed by atoms with van der Waals surface area (Å²) in [5, 5.41) is 3.09. The van der Waals surface area contributed by atoms with E-state index in [-0.39, 0.29) is 17.2 Å². The van der Waals surface area contributed by atoms with Gasteiger partial charge in [0.1, 0.15) is 16.5 Å². The van der Waals surface area contributed by atoms with Crippen LogP contribution in [0.3, 0.4) is 0 Å². The van der Waals surface area contributed by atoms with Crippen molar-refractivity contribution in [2.45, 2.75) is 36.7 Å². The summed E-state index contributed by atoms with van der Waals surface area (Å²) in [6, 6.07) is 7.38. The normalized spacial score (nSPS) is 18.9. The van der Waals surface area contributed by atoms with E-state index in [0.717, 1.165) is 37.4 Å². The maximum Gasteiger partial charge on any atom is 0.263 e. The Balaban J connectivity index is 1.57. The lowest BCUT2D eigenvalue weighted by Crippen LogP contribution is -2.19. The monoisotopic (exact) mass is 477 g/mol. The van der Waals surface area contributed by atoms with Crippen molar-refractivity contribution in [2.75, 3.05) is 50.9 Å². The molecule has 7 nitrogen and oxygen atoms in total. The van der Waals surface area contributed by atoms with E-state index in [1.807, 2.05) is 20.2 Å². The van der Waals surface area contributed by atoms with Gasteiger partial charge in [-0.3, -0.25) is 4.72 Å². The number of halogens is 1. The number of sulfonamides is 1. The maximum atomic E-state index is 13.9. The van der Waals surface area contributed by atoms with Crippen molar-refractivity contribution in [1.29, 1.82) is 0 Å². The summed E-state index contributed by atoms with van der Waals surface area (Å²) < 4.78 is 54.7. The van der Waals surface area contributed by atoms with Crippen molar-refractivity contribution in [3.8, 4) is 5.75 Å². The van der Waals surface area contributed by atoms with Crippen LogP contribution in [0.2, 0.25) is 0 Å². The summed E-state index contributed by atoms with van der Waals surface area (Å²) in [7, 11) is 1.59. The molecule has 4 rings (SSSR count). The van der Waals surface area contributed by atoms with Crippen molar-refractivity contribution in [3.63, 3.8) is 0 Å². The number of unbranched alkanes of at least 4 members (excludes halogenated alkanes) is 1. The number of nitrogens with one attached hydrogen (secondary N) is 2. The second-order valence-electron chi connectivity index (χ2n) is 9.04. The highest BCUT2D eigenvalue weighted by molar-refractivity contribution is 7.92. The molecule has 1 saturated carbocycles. The molecule has 1 aliphatic carbocycles. The third-order valence-electron chi connectivity index (χ3n) is 6.17. The Morgan fingerprint density at radius 2 is 2.00 bits per heavy atom. The first-order chi connectivity index (χ1) is 15.8. The lowest BCUT2D eigenvalue weighted by molar-refractivity contribution is 0.178. The number of rotatable bonds is 11. The second-order valence-corrected chi connectivity index (χ2v) is 10.7. The number of anilines is 2. The zero-order chi connectivity index (χ0) is 23.6. The quantitative estimate of drug-likeness (QED) is 0.476. The fraction of sp³-hybridized carbons (Fsp3) is 0.500. The van der Waals surface area contributed by atoms with Crippen LogP contribution in [0.5, 0.6) is 5.75 Å². The molecule has 0 saturated heterocycles. The SMILES string of the molecule is COCc1c(NS(=O)(=O)c2ccc(F)cc2NCCCCN(C)C)ccc2c1OCC1CC21. The molecule has 0 spiro atoms. The van der Waals surface area contributed by atoms with Crippen LogP contribution < -0.4 is 14.8 Å². The van der Waals surface area contributed by atoms with Gasteiger partial charge in [-0.1, -0.05) is 6.07 Å². The largest absolute Gasteiger partial charge is 0.493 e. The minimum Gasteiger partial charge on any atom is -0.493 e. The first kappa shape index (κ1) is 23.8. The van der Waals surface area contributed by atoms with E-state index in [1.54, 1.807) is 13.2 Å². The van der Waals surface area contributed by atoms with Gasteiger partial charge in [0.2, 0.25) is 0 Å². The number of nitrogens with zero attached hydrogens (tertiary/aromatic N) is 1. The lowest BCUT2D eigenvalue weighted by atomic mass is 10.0. The molecule has 9 heteroatoms. The van der Waals surface area contributed by atoms with Gasteiger partial charge in [0.05, 0.1) is 24.6 Å². The molecule has 180 valence electrons. The van der Waals surface area contributed by atoms with E-state index < -0.39 is 15.8 Å². The van der Waals surface area contributed by atoms with E-state index >= 15 is 0 Å². The Bertz CT molecular complexity index is 1110. The number of methoxy groups -OCH3 is 1. The van der Waals surface area contributed by atoms with Crippen molar-refractivity contribution >= 4 is 21.4 Å². The summed E-state index contributed by atoms with van der Waals surface area (Å²) in [6.07, 6.45) is 2.89. The third kappa shape index (κ3) is 5.42. The average molecular weight is 478 g/mol. The molecule has 33 heavy (non-hydrogen) atoms. The highest BCUT2D eigenvalue weighted by Gasteiger charge is 2.44. The van der Waals surface area contributed by atoms with E-state index in [2.05, 4.69) is 14.9 Å². The summed E-state index contributed by atoms with van der Waals surface area (Å²) in [4.78, 5) is 2.09. The molecule has 0 amide bonds. The molecule has 1 heterocycles. The van der Waals surface area contributed by atoms with Crippen LogP contribution in [0, 0.1) is 11.7 Å². The Kier molecular flexibility index (Phi) is 7.11. The van der Waals surface area contributed by atoms with Crippen LogP contribution in [-0.2, 0) is 21.4 Å². The van der Waals surface area contributed by atoms with Gasteiger partial charge in [-0.2, -0.15) is 0 Å². The standard InChI is InChI=1S/C24H32FN3O4S/c1-28(2)11-5-4-10-26-22-13-17(25)6-9-23(22)33(29,30)27-21-8-7-18-19-12-16(19)14-32-24(18)20(21)15-31-3/h6-9,13,16,19,26-27H,4-5,10-12,14-15H2,1-3H3. The Labute approximate surface area is 195 Å². The molecule has 2 N–H and O–H groups in total. The second kappa shape index (κ2) is 9.87. The molecule has 0 bridgehead atoms. The Morgan fingerprint density at radius 1 is 1.18 bits per heavy atom. The third-order valence-corrected chi connectivity index (χ3v) is 7.59. The van der Waals surface area contributed by atoms with Crippen LogP contribution >= 0.6 is 0 Å². The molecular weight excluding hydrogens is 445 g/mol. The van der Waals surface area contributed by atoms with E-state index in [1.165, 1.54) is 12.1 Å². The van der Waals surface area contributed by atoms with Gasteiger partial charge in [-0.25, -0.2) is 12.8 Å². The van der Waals surface area contributed by atoms with Crippen molar-refractivity contribution in [3.05, 3.63) is 47.3 Å². The fourth-order valence-electron chi connectivity index (χ4n) is 4.35. The molecule has 2 unspecified atom stereocenters. The van der Waals surface area contributed by atoms with E-state index in [0.29, 0.717) is 42.0 Å². The van der Waals surface area contributed by atoms with Crippen LogP contribution in [0.15, 0.2) is 35.2 Å². The van der Waals surface area contributed by atoms with Crippen LogP contribution in [-0.4, -0.2) is 54.2 Å². The first-order valence-corrected chi connectivity index (χ1v) is 12.8. The zero-order valence-corrected chi connectivity index (χ0v) is 20.2. The molecular formula is C24H32FN3O4S. The minimum absolute atomic E-state index is 0.000715. The fourth-order valence-corrected chi connectivity index (χ4v) is 5.60. The highest BCUT2D eigenvalue weighted by atomic mass is 32.2. The summed E-state index contributed by atoms with van der Waals surface area (Å²) >= 11 is 0. The average Bonchev–Trinajstić information content (AvgIpc) is 3.55. The molecule has 1 fully saturated rings. The molecule has 1 aliphatic heterocycles. The summed E-state index contributed by atoms with van der Waals surface area (Å²) in [6.45, 7) is 2.34. The van der Waals surface area contributed by atoms with Gasteiger partial charge in [0.15, 0.2) is 0 Å². The minimum atomic E-state index is -3.99. The number of fused-ring (bicyclic) bond motifs is 3. The van der Waals surface area contributed by atoms with Crippen LogP contribution in [0.4, 0.5) is 15.8 Å².